The smallest absolute Gasteiger partial charge is 0.292 e. The molecule has 2 aromatic rings. The van der Waals surface area contributed by atoms with E-state index < -0.39 is 0 Å². The second-order valence-corrected chi connectivity index (χ2v) is 5.86. The van der Waals surface area contributed by atoms with Crippen LogP contribution in [-0.2, 0) is 22.9 Å². The van der Waals surface area contributed by atoms with Gasteiger partial charge >= 0.3 is 0 Å². The number of aromatic nitrogens is 3. The van der Waals surface area contributed by atoms with Crippen molar-refractivity contribution >= 4 is 5.91 Å². The molecule has 24 heavy (non-hydrogen) atoms. The third-order valence-electron chi connectivity index (χ3n) is 4.22. The molecule has 130 valence electrons. The van der Waals surface area contributed by atoms with Crippen LogP contribution < -0.4 is 0 Å². The van der Waals surface area contributed by atoms with Gasteiger partial charge in [-0.3, -0.25) is 9.48 Å². The van der Waals surface area contributed by atoms with Gasteiger partial charge in [0.2, 0.25) is 5.76 Å². The molecule has 0 bridgehead atoms. The highest BCUT2D eigenvalue weighted by Crippen LogP contribution is 2.26. The van der Waals surface area contributed by atoms with Gasteiger partial charge < -0.3 is 18.9 Å². The van der Waals surface area contributed by atoms with E-state index in [2.05, 4.69) is 10.3 Å². The molecule has 0 spiro atoms. The molecule has 1 aliphatic rings. The van der Waals surface area contributed by atoms with Crippen molar-refractivity contribution in [2.24, 2.45) is 7.05 Å². The molecule has 1 fully saturated rings. The van der Waals surface area contributed by atoms with Gasteiger partial charge in [0.25, 0.3) is 5.91 Å². The quantitative estimate of drug-likeness (QED) is 0.700. The summed E-state index contributed by atoms with van der Waals surface area (Å²) in [5.74, 6) is 0.1000. The predicted molar refractivity (Wildman–Crippen MR) is 84.5 cm³/mol. The molecule has 3 rings (SSSR count). The number of methoxy groups -OCH3 is 1. The number of rotatable bonds is 7. The average Bonchev–Trinajstić information content (AvgIpc) is 3.30. The number of hydrogen-bond donors (Lipinski definition) is 0. The van der Waals surface area contributed by atoms with Crippen LogP contribution in [0.25, 0.3) is 0 Å². The first-order valence-corrected chi connectivity index (χ1v) is 7.98. The van der Waals surface area contributed by atoms with Crippen LogP contribution in [0.2, 0.25) is 0 Å². The van der Waals surface area contributed by atoms with Crippen molar-refractivity contribution in [3.8, 4) is 0 Å². The van der Waals surface area contributed by atoms with E-state index in [-0.39, 0.29) is 23.8 Å². The van der Waals surface area contributed by atoms with Gasteiger partial charge in [-0.25, -0.2) is 0 Å². The summed E-state index contributed by atoms with van der Waals surface area (Å²) in [6.07, 6.45) is 6.70. The van der Waals surface area contributed by atoms with Gasteiger partial charge in [-0.1, -0.05) is 5.16 Å². The Bertz CT molecular complexity index is 655. The van der Waals surface area contributed by atoms with E-state index in [0.29, 0.717) is 26.2 Å². The maximum Gasteiger partial charge on any atom is 0.292 e. The molecule has 0 N–H and O–H groups in total. The van der Waals surface area contributed by atoms with Gasteiger partial charge in [0.1, 0.15) is 0 Å². The van der Waals surface area contributed by atoms with E-state index in [1.165, 1.54) is 6.20 Å². The zero-order valence-corrected chi connectivity index (χ0v) is 13.9. The second-order valence-electron chi connectivity index (χ2n) is 5.86. The van der Waals surface area contributed by atoms with Crippen LogP contribution in [-0.4, -0.2) is 64.8 Å². The Balaban J connectivity index is 1.75. The highest BCUT2D eigenvalue weighted by molar-refractivity contribution is 5.91. The van der Waals surface area contributed by atoms with Crippen molar-refractivity contribution in [2.45, 2.75) is 25.0 Å². The highest BCUT2D eigenvalue weighted by atomic mass is 16.5. The molecule has 1 amide bonds. The summed E-state index contributed by atoms with van der Waals surface area (Å²) in [6, 6.07) is 1.52. The molecular formula is C16H22N4O4. The second kappa shape index (κ2) is 7.59. The van der Waals surface area contributed by atoms with Gasteiger partial charge in [-0.15, -0.1) is 0 Å². The van der Waals surface area contributed by atoms with E-state index in [4.69, 9.17) is 14.0 Å². The molecule has 0 radical (unpaired) electrons. The first-order valence-electron chi connectivity index (χ1n) is 7.98. The van der Waals surface area contributed by atoms with Gasteiger partial charge in [0.15, 0.2) is 0 Å². The van der Waals surface area contributed by atoms with Crippen LogP contribution in [0.3, 0.4) is 0 Å². The minimum atomic E-state index is -0.153. The normalized spacial score (nSPS) is 20.7. The molecule has 1 saturated heterocycles. The number of ether oxygens (including phenoxy) is 2. The van der Waals surface area contributed by atoms with Crippen molar-refractivity contribution in [2.75, 3.05) is 26.9 Å². The molecule has 8 nitrogen and oxygen atoms in total. The van der Waals surface area contributed by atoms with E-state index >= 15 is 0 Å². The molecule has 0 unspecified atom stereocenters. The first-order chi connectivity index (χ1) is 11.7. The molecule has 2 atom stereocenters. The molecule has 1 aliphatic heterocycles. The molecule has 8 heteroatoms. The third kappa shape index (κ3) is 3.65. The van der Waals surface area contributed by atoms with Gasteiger partial charge in [0, 0.05) is 33.0 Å². The largest absolute Gasteiger partial charge is 0.382 e. The lowest BCUT2D eigenvalue weighted by atomic mass is 10.0. The zero-order valence-electron chi connectivity index (χ0n) is 13.9. The summed E-state index contributed by atoms with van der Waals surface area (Å²) < 4.78 is 17.8. The average molecular weight is 334 g/mol. The standard InChI is InChI=1S/C16H22N4O4/c1-19-11-12(10-17-19)9-13-14(23-8-7-22-2)4-6-20(13)16(21)15-3-5-18-24-15/h3,5,10-11,13-14H,4,6-9H2,1-2H3/t13-,14-/m1/s1. The SMILES string of the molecule is COCCO[C@@H]1CCN(C(=O)c2ccno2)[C@@H]1Cc1cnn(C)c1. The first kappa shape index (κ1) is 16.7. The Labute approximate surface area is 140 Å². The Morgan fingerprint density at radius 1 is 1.46 bits per heavy atom. The molecule has 0 saturated carbocycles. The maximum atomic E-state index is 12.7. The van der Waals surface area contributed by atoms with Crippen molar-refractivity contribution in [1.82, 2.24) is 19.8 Å². The molecule has 2 aromatic heterocycles. The Hall–Kier alpha value is -2.19. The van der Waals surface area contributed by atoms with E-state index in [1.54, 1.807) is 17.9 Å². The van der Waals surface area contributed by atoms with Crippen LogP contribution in [0.4, 0.5) is 0 Å². The number of amides is 1. The lowest BCUT2D eigenvalue weighted by Crippen LogP contribution is -2.42. The molecular weight excluding hydrogens is 312 g/mol. The minimum Gasteiger partial charge on any atom is -0.382 e. The number of carbonyl (C=O) groups is 1. The molecule has 0 aliphatic carbocycles. The van der Waals surface area contributed by atoms with E-state index in [0.717, 1.165) is 12.0 Å². The number of hydrogen-bond acceptors (Lipinski definition) is 6. The molecule has 0 aromatic carbocycles. The van der Waals surface area contributed by atoms with Gasteiger partial charge in [-0.2, -0.15) is 5.10 Å². The minimum absolute atomic E-state index is 0.0350. The van der Waals surface area contributed by atoms with Crippen molar-refractivity contribution in [3.63, 3.8) is 0 Å². The van der Waals surface area contributed by atoms with Crippen LogP contribution in [0.5, 0.6) is 0 Å². The number of likely N-dealkylation sites (tertiary alicyclic amines) is 1. The lowest BCUT2D eigenvalue weighted by Gasteiger charge is -2.27. The van der Waals surface area contributed by atoms with Gasteiger partial charge in [-0.05, 0) is 18.4 Å². The van der Waals surface area contributed by atoms with Crippen LogP contribution in [0.1, 0.15) is 22.5 Å². The Morgan fingerprint density at radius 2 is 2.33 bits per heavy atom. The summed E-state index contributed by atoms with van der Waals surface area (Å²) in [4.78, 5) is 14.5. The van der Waals surface area contributed by atoms with Crippen molar-refractivity contribution in [1.29, 1.82) is 0 Å². The summed E-state index contributed by atoms with van der Waals surface area (Å²) in [5.41, 5.74) is 1.07. The lowest BCUT2D eigenvalue weighted by molar-refractivity contribution is -0.00000271. The predicted octanol–water partition coefficient (Wildman–Crippen LogP) is 0.897. The number of nitrogens with zero attached hydrogens (tertiary/aromatic N) is 4. The van der Waals surface area contributed by atoms with Crippen LogP contribution in [0, 0.1) is 0 Å². The van der Waals surface area contributed by atoms with Crippen molar-refractivity contribution in [3.05, 3.63) is 36.0 Å². The summed E-state index contributed by atoms with van der Waals surface area (Å²) in [6.45, 7) is 1.67. The van der Waals surface area contributed by atoms with E-state index in [9.17, 15) is 4.79 Å². The fourth-order valence-corrected chi connectivity index (χ4v) is 3.08. The Morgan fingerprint density at radius 3 is 3.00 bits per heavy atom. The Kier molecular flexibility index (Phi) is 5.27. The summed E-state index contributed by atoms with van der Waals surface area (Å²) in [5, 5.41) is 7.83. The fourth-order valence-electron chi connectivity index (χ4n) is 3.08. The monoisotopic (exact) mass is 334 g/mol. The zero-order chi connectivity index (χ0) is 16.9. The highest BCUT2D eigenvalue weighted by Gasteiger charge is 2.39. The van der Waals surface area contributed by atoms with Crippen LogP contribution in [0.15, 0.2) is 29.2 Å². The maximum absolute atomic E-state index is 12.7. The molecule has 3 heterocycles. The number of aryl methyl sites for hydroxylation is 1. The third-order valence-corrected chi connectivity index (χ3v) is 4.22. The topological polar surface area (TPSA) is 82.6 Å². The van der Waals surface area contributed by atoms with Crippen LogP contribution >= 0.6 is 0 Å². The fraction of sp³-hybridized carbons (Fsp3) is 0.562. The summed E-state index contributed by atoms with van der Waals surface area (Å²) in [7, 11) is 3.52. The van der Waals surface area contributed by atoms with Crippen molar-refractivity contribution < 1.29 is 18.8 Å². The van der Waals surface area contributed by atoms with Gasteiger partial charge in [0.05, 0.1) is 37.8 Å². The van der Waals surface area contributed by atoms with E-state index in [1.807, 2.05) is 24.3 Å². The number of carbonyl (C=O) groups excluding carboxylic acids is 1. The summed E-state index contributed by atoms with van der Waals surface area (Å²) >= 11 is 0.